The molecule has 0 aliphatic heterocycles. The summed E-state index contributed by atoms with van der Waals surface area (Å²) in [6.45, 7) is 3.00. The number of nitrogens with zero attached hydrogens (tertiary/aromatic N) is 4. The number of hydrogen-bond donors (Lipinski definition) is 0. The minimum Gasteiger partial charge on any atom is -0.497 e. The number of hydrogen-bond acceptors (Lipinski definition) is 5. The molecule has 2 aromatic rings. The highest BCUT2D eigenvalue weighted by atomic mass is 16.5. The second-order valence-corrected chi connectivity index (χ2v) is 4.10. The molecule has 2 rings (SSSR count). The summed E-state index contributed by atoms with van der Waals surface area (Å²) in [5.41, 5.74) is 1.22. The van der Waals surface area contributed by atoms with E-state index < -0.39 is 0 Å². The van der Waals surface area contributed by atoms with Gasteiger partial charge in [0.15, 0.2) is 5.69 Å². The van der Waals surface area contributed by atoms with Crippen molar-refractivity contribution in [3.8, 4) is 17.6 Å². The average Bonchev–Trinajstić information content (AvgIpc) is 2.90. The largest absolute Gasteiger partial charge is 0.497 e. The third-order valence-corrected chi connectivity index (χ3v) is 2.91. The molecule has 0 saturated carbocycles. The molecule has 0 aliphatic carbocycles. The maximum Gasteiger partial charge on any atom is 0.185 e. The molecule has 0 saturated heterocycles. The van der Waals surface area contributed by atoms with Gasteiger partial charge in [-0.3, -0.25) is 0 Å². The zero-order valence-electron chi connectivity index (χ0n) is 11.5. The lowest BCUT2D eigenvalue weighted by Crippen LogP contribution is -2.12. The van der Waals surface area contributed by atoms with Crippen LogP contribution in [0.4, 0.5) is 0 Å². The molecule has 0 aliphatic rings. The van der Waals surface area contributed by atoms with Crippen molar-refractivity contribution in [2.75, 3.05) is 13.7 Å². The van der Waals surface area contributed by atoms with Gasteiger partial charge in [-0.05, 0) is 30.7 Å². The highest BCUT2D eigenvalue weighted by Gasteiger charge is 2.10. The molecule has 0 unspecified atom stereocenters. The number of nitriles is 1. The first-order chi connectivity index (χ1) is 9.78. The fourth-order valence-corrected chi connectivity index (χ4v) is 1.87. The van der Waals surface area contributed by atoms with E-state index in [0.717, 1.165) is 23.6 Å². The van der Waals surface area contributed by atoms with E-state index >= 15 is 0 Å². The molecule has 1 aromatic carbocycles. The van der Waals surface area contributed by atoms with Crippen molar-refractivity contribution in [1.82, 2.24) is 15.0 Å². The lowest BCUT2D eigenvalue weighted by Gasteiger charge is -2.08. The number of rotatable bonds is 6. The Morgan fingerprint density at radius 1 is 1.25 bits per heavy atom. The zero-order valence-corrected chi connectivity index (χ0v) is 11.5. The van der Waals surface area contributed by atoms with Crippen LogP contribution >= 0.6 is 0 Å². The van der Waals surface area contributed by atoms with Gasteiger partial charge in [0.25, 0.3) is 0 Å². The van der Waals surface area contributed by atoms with E-state index in [2.05, 4.69) is 10.3 Å². The first kappa shape index (κ1) is 13.9. The van der Waals surface area contributed by atoms with Gasteiger partial charge >= 0.3 is 0 Å². The third kappa shape index (κ3) is 3.06. The second-order valence-electron chi connectivity index (χ2n) is 4.10. The van der Waals surface area contributed by atoms with Crippen LogP contribution in [0.5, 0.6) is 11.5 Å². The van der Waals surface area contributed by atoms with Gasteiger partial charge in [-0.2, -0.15) is 5.26 Å². The summed E-state index contributed by atoms with van der Waals surface area (Å²) in [5, 5.41) is 16.7. The topological polar surface area (TPSA) is 73.0 Å². The fraction of sp³-hybridized carbons (Fsp3) is 0.357. The van der Waals surface area contributed by atoms with Crippen molar-refractivity contribution >= 4 is 0 Å². The first-order valence-corrected chi connectivity index (χ1v) is 6.37. The summed E-state index contributed by atoms with van der Waals surface area (Å²) in [7, 11) is 1.62. The van der Waals surface area contributed by atoms with Crippen LogP contribution in [0.15, 0.2) is 24.3 Å². The Balaban J connectivity index is 1.92. The fourth-order valence-electron chi connectivity index (χ4n) is 1.87. The lowest BCUT2D eigenvalue weighted by molar-refractivity contribution is 0.287. The summed E-state index contributed by atoms with van der Waals surface area (Å²) >= 11 is 0. The Hall–Kier alpha value is -2.55. The molecule has 104 valence electrons. The molecule has 0 fully saturated rings. The SMILES string of the molecule is CCc1c(C#N)nnn1CCOc1ccc(OC)cc1. The van der Waals surface area contributed by atoms with Crippen molar-refractivity contribution in [3.05, 3.63) is 35.7 Å². The normalized spacial score (nSPS) is 10.1. The van der Waals surface area contributed by atoms with E-state index in [1.165, 1.54) is 0 Å². The van der Waals surface area contributed by atoms with Crippen LogP contribution in [0.3, 0.4) is 0 Å². The van der Waals surface area contributed by atoms with Gasteiger partial charge in [-0.1, -0.05) is 12.1 Å². The minimum absolute atomic E-state index is 0.386. The van der Waals surface area contributed by atoms with Crippen LogP contribution in [-0.2, 0) is 13.0 Å². The first-order valence-electron chi connectivity index (χ1n) is 6.37. The summed E-state index contributed by atoms with van der Waals surface area (Å²) in [6, 6.07) is 9.42. The summed E-state index contributed by atoms with van der Waals surface area (Å²) < 4.78 is 12.4. The molecule has 0 spiro atoms. The quantitative estimate of drug-likeness (QED) is 0.801. The molecule has 6 heteroatoms. The molecule has 1 aromatic heterocycles. The predicted octanol–water partition coefficient (Wildman–Crippen LogP) is 1.80. The second kappa shape index (κ2) is 6.57. The van der Waals surface area contributed by atoms with Gasteiger partial charge < -0.3 is 9.47 Å². The Bertz CT molecular complexity index is 599. The molecule has 0 radical (unpaired) electrons. The van der Waals surface area contributed by atoms with Gasteiger partial charge in [-0.15, -0.1) is 5.10 Å². The Morgan fingerprint density at radius 2 is 1.95 bits per heavy atom. The van der Waals surface area contributed by atoms with E-state index in [1.807, 2.05) is 37.3 Å². The van der Waals surface area contributed by atoms with Gasteiger partial charge in [0.2, 0.25) is 0 Å². The Labute approximate surface area is 117 Å². The van der Waals surface area contributed by atoms with Crippen LogP contribution in [-0.4, -0.2) is 28.7 Å². The molecule has 20 heavy (non-hydrogen) atoms. The minimum atomic E-state index is 0.386. The van der Waals surface area contributed by atoms with E-state index in [4.69, 9.17) is 14.7 Å². The van der Waals surface area contributed by atoms with E-state index in [0.29, 0.717) is 18.8 Å². The molecule has 0 N–H and O–H groups in total. The summed E-state index contributed by atoms with van der Waals surface area (Å²) in [5.74, 6) is 1.56. The maximum atomic E-state index is 8.91. The van der Waals surface area contributed by atoms with Crippen molar-refractivity contribution in [2.24, 2.45) is 0 Å². The van der Waals surface area contributed by atoms with E-state index in [-0.39, 0.29) is 0 Å². The number of methoxy groups -OCH3 is 1. The molecule has 0 bridgehead atoms. The van der Waals surface area contributed by atoms with Crippen LogP contribution in [0.1, 0.15) is 18.3 Å². The number of ether oxygens (including phenoxy) is 2. The highest BCUT2D eigenvalue weighted by molar-refractivity contribution is 5.31. The molecule has 1 heterocycles. The lowest BCUT2D eigenvalue weighted by atomic mass is 10.3. The van der Waals surface area contributed by atoms with Crippen LogP contribution in [0.2, 0.25) is 0 Å². The Morgan fingerprint density at radius 3 is 2.55 bits per heavy atom. The van der Waals surface area contributed by atoms with Crippen molar-refractivity contribution in [2.45, 2.75) is 19.9 Å². The number of benzene rings is 1. The average molecular weight is 272 g/mol. The molecular formula is C14H16N4O2. The van der Waals surface area contributed by atoms with E-state index in [9.17, 15) is 0 Å². The van der Waals surface area contributed by atoms with Crippen molar-refractivity contribution in [1.29, 1.82) is 5.26 Å². The maximum absolute atomic E-state index is 8.91. The smallest absolute Gasteiger partial charge is 0.185 e. The monoisotopic (exact) mass is 272 g/mol. The van der Waals surface area contributed by atoms with Gasteiger partial charge in [-0.25, -0.2) is 4.68 Å². The predicted molar refractivity (Wildman–Crippen MR) is 72.6 cm³/mol. The molecule has 0 amide bonds. The standard InChI is InChI=1S/C14H16N4O2/c1-3-14-13(10-15)16-17-18(14)8-9-20-12-6-4-11(19-2)5-7-12/h4-7H,3,8-9H2,1-2H3. The van der Waals surface area contributed by atoms with Crippen LogP contribution in [0.25, 0.3) is 0 Å². The molecular weight excluding hydrogens is 256 g/mol. The van der Waals surface area contributed by atoms with Crippen LogP contribution < -0.4 is 9.47 Å². The van der Waals surface area contributed by atoms with Crippen molar-refractivity contribution < 1.29 is 9.47 Å². The van der Waals surface area contributed by atoms with E-state index in [1.54, 1.807) is 11.8 Å². The Kier molecular flexibility index (Phi) is 4.56. The van der Waals surface area contributed by atoms with Crippen molar-refractivity contribution in [3.63, 3.8) is 0 Å². The number of aromatic nitrogens is 3. The molecule has 0 atom stereocenters. The summed E-state index contributed by atoms with van der Waals surface area (Å²) in [6.07, 6.45) is 0.721. The molecule has 6 nitrogen and oxygen atoms in total. The third-order valence-electron chi connectivity index (χ3n) is 2.91. The van der Waals surface area contributed by atoms with Gasteiger partial charge in [0.05, 0.1) is 19.3 Å². The van der Waals surface area contributed by atoms with Crippen LogP contribution in [0, 0.1) is 11.3 Å². The van der Waals surface area contributed by atoms with Gasteiger partial charge in [0, 0.05) is 0 Å². The van der Waals surface area contributed by atoms with Gasteiger partial charge in [0.1, 0.15) is 24.2 Å². The highest BCUT2D eigenvalue weighted by Crippen LogP contribution is 2.17. The summed E-state index contributed by atoms with van der Waals surface area (Å²) in [4.78, 5) is 0. The zero-order chi connectivity index (χ0) is 14.4.